The normalized spacial score (nSPS) is 21.2. The van der Waals surface area contributed by atoms with Crippen molar-refractivity contribution in [1.82, 2.24) is 20.1 Å². The van der Waals surface area contributed by atoms with Gasteiger partial charge in [-0.15, -0.1) is 5.10 Å². The van der Waals surface area contributed by atoms with Crippen molar-refractivity contribution in [2.45, 2.75) is 52.2 Å². The van der Waals surface area contributed by atoms with Crippen LogP contribution in [0.1, 0.15) is 48.7 Å². The van der Waals surface area contributed by atoms with Crippen molar-refractivity contribution in [2.24, 2.45) is 0 Å². The lowest BCUT2D eigenvalue weighted by atomic mass is 9.98. The number of likely N-dealkylation sites (N-methyl/N-ethyl adjacent to an activating group) is 1. The maximum Gasteiger partial charge on any atom is 0.157 e. The van der Waals surface area contributed by atoms with Crippen molar-refractivity contribution in [3.05, 3.63) is 52.8 Å². The minimum atomic E-state index is -0.0129. The van der Waals surface area contributed by atoms with Crippen LogP contribution in [0.25, 0.3) is 10.8 Å². The number of anilines is 2. The van der Waals surface area contributed by atoms with Crippen LogP contribution in [0.4, 0.5) is 11.6 Å². The molecule has 2 bridgehead atoms. The number of nitriles is 1. The summed E-state index contributed by atoms with van der Waals surface area (Å²) in [6.45, 7) is 11.6. The summed E-state index contributed by atoms with van der Waals surface area (Å²) in [5.41, 5.74) is 3.66. The molecule has 2 aliphatic rings. The third-order valence-electron chi connectivity index (χ3n) is 7.20. The van der Waals surface area contributed by atoms with Crippen LogP contribution in [0.3, 0.4) is 0 Å². The van der Waals surface area contributed by atoms with E-state index >= 15 is 0 Å². The molecule has 0 amide bonds. The minimum absolute atomic E-state index is 0.0129. The van der Waals surface area contributed by atoms with Crippen molar-refractivity contribution in [3.63, 3.8) is 0 Å². The van der Waals surface area contributed by atoms with Crippen LogP contribution >= 0.6 is 0 Å². The smallest absolute Gasteiger partial charge is 0.157 e. The molecule has 32 heavy (non-hydrogen) atoms. The second kappa shape index (κ2) is 8.03. The summed E-state index contributed by atoms with van der Waals surface area (Å²) in [5.74, 6) is 1.77. The van der Waals surface area contributed by atoms with E-state index in [0.717, 1.165) is 58.9 Å². The zero-order valence-corrected chi connectivity index (χ0v) is 19.1. The highest BCUT2D eigenvalue weighted by Crippen LogP contribution is 2.36. The fourth-order valence-electron chi connectivity index (χ4n) is 5.37. The van der Waals surface area contributed by atoms with Gasteiger partial charge in [0, 0.05) is 42.1 Å². The molecule has 3 aromatic rings. The Morgan fingerprint density at radius 2 is 2.03 bits per heavy atom. The molecule has 0 aliphatic carbocycles. The SMILES string of the molecule is CCN1C[C@@H]2C[C@H]1CN2c1cc2c(N[C@H](C)c3cccc(C#N)c3C)nnc(C)c2cn1. The number of piperazine rings is 1. The Morgan fingerprint density at radius 3 is 2.75 bits per heavy atom. The van der Waals surface area contributed by atoms with E-state index in [-0.39, 0.29) is 6.04 Å². The van der Waals surface area contributed by atoms with Crippen molar-refractivity contribution in [3.8, 4) is 6.07 Å². The topological polar surface area (TPSA) is 81.0 Å². The number of benzene rings is 1. The van der Waals surface area contributed by atoms with Crippen molar-refractivity contribution in [2.75, 3.05) is 29.9 Å². The lowest BCUT2D eigenvalue weighted by Crippen LogP contribution is -2.46. The molecule has 0 spiro atoms. The molecule has 3 atom stereocenters. The third kappa shape index (κ3) is 3.35. The van der Waals surface area contributed by atoms with E-state index in [1.54, 1.807) is 0 Å². The Balaban J connectivity index is 1.48. The fourth-order valence-corrected chi connectivity index (χ4v) is 5.37. The van der Waals surface area contributed by atoms with Gasteiger partial charge in [0.1, 0.15) is 5.82 Å². The van der Waals surface area contributed by atoms with Crippen LogP contribution in [0, 0.1) is 25.2 Å². The van der Waals surface area contributed by atoms with Gasteiger partial charge in [0.2, 0.25) is 0 Å². The van der Waals surface area contributed by atoms with E-state index in [1.165, 1.54) is 6.42 Å². The molecular formula is C25H29N7. The molecule has 164 valence electrons. The van der Waals surface area contributed by atoms with Crippen molar-refractivity contribution in [1.29, 1.82) is 5.26 Å². The first-order chi connectivity index (χ1) is 15.5. The minimum Gasteiger partial charge on any atom is -0.362 e. The zero-order chi connectivity index (χ0) is 22.4. The number of nitrogens with zero attached hydrogens (tertiary/aromatic N) is 6. The third-order valence-corrected chi connectivity index (χ3v) is 7.20. The van der Waals surface area contributed by atoms with Crippen molar-refractivity contribution < 1.29 is 0 Å². The molecule has 1 N–H and O–H groups in total. The quantitative estimate of drug-likeness (QED) is 0.660. The number of nitrogens with one attached hydrogen (secondary N) is 1. The molecule has 5 rings (SSSR count). The van der Waals surface area contributed by atoms with Gasteiger partial charge in [0.25, 0.3) is 0 Å². The van der Waals surface area contributed by atoms with Gasteiger partial charge < -0.3 is 10.2 Å². The van der Waals surface area contributed by atoms with Gasteiger partial charge in [-0.05, 0) is 57.0 Å². The Morgan fingerprint density at radius 1 is 1.19 bits per heavy atom. The number of rotatable bonds is 5. The van der Waals surface area contributed by atoms with Crippen LogP contribution < -0.4 is 10.2 Å². The summed E-state index contributed by atoms with van der Waals surface area (Å²) in [6.07, 6.45) is 3.16. The highest BCUT2D eigenvalue weighted by molar-refractivity contribution is 5.94. The van der Waals surface area contributed by atoms with Gasteiger partial charge in [-0.1, -0.05) is 19.1 Å². The van der Waals surface area contributed by atoms with E-state index in [2.05, 4.69) is 57.4 Å². The maximum absolute atomic E-state index is 9.39. The Bertz CT molecular complexity index is 1210. The summed E-state index contributed by atoms with van der Waals surface area (Å²) in [5, 5.41) is 23.9. The fraction of sp³-hybridized carbons (Fsp3) is 0.440. The van der Waals surface area contributed by atoms with Gasteiger partial charge in [-0.25, -0.2) is 4.98 Å². The van der Waals surface area contributed by atoms with Crippen LogP contribution in [-0.2, 0) is 0 Å². The van der Waals surface area contributed by atoms with E-state index in [0.29, 0.717) is 17.6 Å². The predicted molar refractivity (Wildman–Crippen MR) is 127 cm³/mol. The molecule has 4 heterocycles. The van der Waals surface area contributed by atoms with E-state index in [1.807, 2.05) is 32.2 Å². The van der Waals surface area contributed by atoms with Gasteiger partial charge >= 0.3 is 0 Å². The Hall–Kier alpha value is -3.24. The number of aromatic nitrogens is 3. The average molecular weight is 428 g/mol. The molecule has 7 nitrogen and oxygen atoms in total. The van der Waals surface area contributed by atoms with Crippen molar-refractivity contribution >= 4 is 22.4 Å². The highest BCUT2D eigenvalue weighted by atomic mass is 15.4. The summed E-state index contributed by atoms with van der Waals surface area (Å²) in [4.78, 5) is 9.84. The number of likely N-dealkylation sites (tertiary alicyclic amines) is 1. The lowest BCUT2D eigenvalue weighted by Gasteiger charge is -2.34. The second-order valence-corrected chi connectivity index (χ2v) is 9.00. The summed E-state index contributed by atoms with van der Waals surface area (Å²) >= 11 is 0. The van der Waals surface area contributed by atoms with E-state index < -0.39 is 0 Å². The lowest BCUT2D eigenvalue weighted by molar-refractivity contribution is 0.251. The molecule has 2 aromatic heterocycles. The molecule has 2 aliphatic heterocycles. The first-order valence-electron chi connectivity index (χ1n) is 11.4. The second-order valence-electron chi connectivity index (χ2n) is 9.00. The number of fused-ring (bicyclic) bond motifs is 3. The Kier molecular flexibility index (Phi) is 5.18. The number of hydrogen-bond acceptors (Lipinski definition) is 7. The van der Waals surface area contributed by atoms with E-state index in [9.17, 15) is 5.26 Å². The Labute approximate surface area is 189 Å². The van der Waals surface area contributed by atoms with Crippen LogP contribution in [0.2, 0.25) is 0 Å². The molecule has 1 aromatic carbocycles. The highest BCUT2D eigenvalue weighted by Gasteiger charge is 2.43. The zero-order valence-electron chi connectivity index (χ0n) is 19.1. The van der Waals surface area contributed by atoms with Gasteiger partial charge in [0.15, 0.2) is 5.82 Å². The van der Waals surface area contributed by atoms with Crippen LogP contribution in [-0.4, -0.2) is 51.8 Å². The van der Waals surface area contributed by atoms with E-state index in [4.69, 9.17) is 4.98 Å². The van der Waals surface area contributed by atoms with Crippen LogP contribution in [0.15, 0.2) is 30.5 Å². The first-order valence-corrected chi connectivity index (χ1v) is 11.4. The van der Waals surface area contributed by atoms with Gasteiger partial charge in [0.05, 0.1) is 23.4 Å². The van der Waals surface area contributed by atoms with Gasteiger partial charge in [-0.2, -0.15) is 10.4 Å². The molecular weight excluding hydrogens is 398 g/mol. The molecule has 0 radical (unpaired) electrons. The average Bonchev–Trinajstić information content (AvgIpc) is 3.41. The van der Waals surface area contributed by atoms with Gasteiger partial charge in [-0.3, -0.25) is 4.90 Å². The predicted octanol–water partition coefficient (Wildman–Crippen LogP) is 3.97. The molecule has 0 saturated carbocycles. The molecule has 7 heteroatoms. The summed E-state index contributed by atoms with van der Waals surface area (Å²) in [6, 6.07) is 11.4. The first kappa shape index (κ1) is 20.7. The molecule has 0 unspecified atom stereocenters. The number of pyridine rings is 1. The summed E-state index contributed by atoms with van der Waals surface area (Å²) in [7, 11) is 0. The number of aryl methyl sites for hydroxylation is 1. The number of hydrogen-bond donors (Lipinski definition) is 1. The molecule has 2 fully saturated rings. The van der Waals surface area contributed by atoms with Crippen LogP contribution in [0.5, 0.6) is 0 Å². The standard InChI is InChI=1S/C25H29N7/c1-5-31-13-20-9-19(31)14-32(20)24-10-22-23(12-27-24)17(4)29-30-25(22)28-16(3)21-8-6-7-18(11-26)15(21)2/h6-8,10,12,16,19-20H,5,9,13-14H2,1-4H3,(H,28,30)/t16-,19+,20+/m1/s1. The maximum atomic E-state index is 9.39. The summed E-state index contributed by atoms with van der Waals surface area (Å²) < 4.78 is 0. The largest absolute Gasteiger partial charge is 0.362 e. The molecule has 2 saturated heterocycles. The monoisotopic (exact) mass is 427 g/mol.